The summed E-state index contributed by atoms with van der Waals surface area (Å²) in [5, 5.41) is 11.6. The van der Waals surface area contributed by atoms with Gasteiger partial charge in [0.05, 0.1) is 12.0 Å². The lowest BCUT2D eigenvalue weighted by Gasteiger charge is -2.52. The number of benzene rings is 1. The molecule has 1 N–H and O–H groups in total. The highest BCUT2D eigenvalue weighted by molar-refractivity contribution is 5.76. The zero-order valence-corrected chi connectivity index (χ0v) is 20.2. The Hall–Kier alpha value is -2.09. The smallest absolute Gasteiger partial charge is 0.311 e. The second kappa shape index (κ2) is 8.54. The van der Waals surface area contributed by atoms with E-state index in [1.165, 1.54) is 11.1 Å². The number of carbonyl (C=O) groups is 1. The van der Waals surface area contributed by atoms with E-state index in [1.54, 1.807) is 0 Å². The standard InChI is InChI=1S/C27H36N2O5/c1-17-4-3-5-19-13-23-24(25(30)27(17,19)2)20(26(31)34-23)15-29-10-8-28(9-11-29)14-18-6-7-21-22(12-18)33-16-32-21/h5-7,12,17,20,23-25,30H,3-4,8-11,13-16H2,1-2H3. The molecule has 6 unspecified atom stereocenters. The molecule has 0 amide bonds. The zero-order chi connectivity index (χ0) is 23.4. The monoisotopic (exact) mass is 468 g/mol. The van der Waals surface area contributed by atoms with Crippen LogP contribution in [0.3, 0.4) is 0 Å². The summed E-state index contributed by atoms with van der Waals surface area (Å²) in [7, 11) is 0. The molecule has 3 heterocycles. The van der Waals surface area contributed by atoms with Crippen molar-refractivity contribution in [1.29, 1.82) is 0 Å². The first-order chi connectivity index (χ1) is 16.4. The first kappa shape index (κ1) is 22.4. The van der Waals surface area contributed by atoms with Gasteiger partial charge in [0, 0.05) is 57.0 Å². The van der Waals surface area contributed by atoms with Crippen molar-refractivity contribution in [2.45, 2.75) is 51.9 Å². The number of esters is 1. The molecule has 0 bridgehead atoms. The zero-order valence-electron chi connectivity index (χ0n) is 20.2. The Bertz CT molecular complexity index is 987. The third-order valence-electron chi connectivity index (χ3n) is 9.33. The van der Waals surface area contributed by atoms with Crippen LogP contribution >= 0.6 is 0 Å². The van der Waals surface area contributed by atoms with E-state index in [9.17, 15) is 9.90 Å². The number of hydrogen-bond acceptors (Lipinski definition) is 7. The normalized spacial score (nSPS) is 37.7. The summed E-state index contributed by atoms with van der Waals surface area (Å²) in [5.41, 5.74) is 2.28. The van der Waals surface area contributed by atoms with Crippen molar-refractivity contribution in [1.82, 2.24) is 9.80 Å². The molecule has 7 nitrogen and oxygen atoms in total. The van der Waals surface area contributed by atoms with E-state index in [2.05, 4.69) is 41.9 Å². The van der Waals surface area contributed by atoms with Gasteiger partial charge in [0.25, 0.3) is 0 Å². The van der Waals surface area contributed by atoms with Crippen LogP contribution in [0.5, 0.6) is 11.5 Å². The van der Waals surface area contributed by atoms with Crippen LogP contribution in [-0.2, 0) is 16.1 Å². The average molecular weight is 469 g/mol. The molecule has 3 fully saturated rings. The minimum atomic E-state index is -0.531. The van der Waals surface area contributed by atoms with Crippen LogP contribution in [0.4, 0.5) is 0 Å². The molecule has 2 saturated heterocycles. The number of ether oxygens (including phenoxy) is 3. The summed E-state index contributed by atoms with van der Waals surface area (Å²) in [4.78, 5) is 17.8. The number of hydrogen-bond donors (Lipinski definition) is 1. The van der Waals surface area contributed by atoms with Crippen LogP contribution in [0.2, 0.25) is 0 Å². The molecule has 0 spiro atoms. The number of nitrogens with zero attached hydrogens (tertiary/aromatic N) is 2. The van der Waals surface area contributed by atoms with Crippen LogP contribution in [0, 0.1) is 23.2 Å². The average Bonchev–Trinajstić information content (AvgIpc) is 3.41. The molecule has 184 valence electrons. The Kier molecular flexibility index (Phi) is 5.62. The van der Waals surface area contributed by atoms with Gasteiger partial charge in [-0.2, -0.15) is 0 Å². The topological polar surface area (TPSA) is 71.5 Å². The van der Waals surface area contributed by atoms with Gasteiger partial charge in [-0.25, -0.2) is 0 Å². The highest BCUT2D eigenvalue weighted by Gasteiger charge is 2.59. The Balaban J connectivity index is 1.09. The lowest BCUT2D eigenvalue weighted by Crippen LogP contribution is -2.55. The number of carbonyl (C=O) groups excluding carboxylic acids is 1. The summed E-state index contributed by atoms with van der Waals surface area (Å²) in [5.74, 6) is 1.59. The van der Waals surface area contributed by atoms with E-state index >= 15 is 0 Å². The molecule has 5 aliphatic rings. The van der Waals surface area contributed by atoms with Crippen LogP contribution < -0.4 is 9.47 Å². The summed E-state index contributed by atoms with van der Waals surface area (Å²) in [6.45, 7) is 10.1. The Labute approximate surface area is 201 Å². The van der Waals surface area contributed by atoms with Gasteiger partial charge >= 0.3 is 5.97 Å². The second-order valence-electron chi connectivity index (χ2n) is 11.1. The first-order valence-corrected chi connectivity index (χ1v) is 12.8. The quantitative estimate of drug-likeness (QED) is 0.538. The molecule has 1 saturated carbocycles. The fourth-order valence-corrected chi connectivity index (χ4v) is 6.98. The van der Waals surface area contributed by atoms with Gasteiger partial charge in [-0.3, -0.25) is 14.6 Å². The van der Waals surface area contributed by atoms with Gasteiger partial charge in [0.1, 0.15) is 6.10 Å². The predicted molar refractivity (Wildman–Crippen MR) is 126 cm³/mol. The molecule has 1 aromatic rings. The van der Waals surface area contributed by atoms with Gasteiger partial charge < -0.3 is 19.3 Å². The molecule has 7 heteroatoms. The lowest BCUT2D eigenvalue weighted by atomic mass is 9.55. The van der Waals surface area contributed by atoms with Crippen molar-refractivity contribution in [3.63, 3.8) is 0 Å². The largest absolute Gasteiger partial charge is 0.461 e. The molecule has 34 heavy (non-hydrogen) atoms. The highest BCUT2D eigenvalue weighted by Crippen LogP contribution is 2.56. The Morgan fingerprint density at radius 3 is 2.71 bits per heavy atom. The van der Waals surface area contributed by atoms with Gasteiger partial charge in [0.2, 0.25) is 6.79 Å². The second-order valence-corrected chi connectivity index (χ2v) is 11.1. The van der Waals surface area contributed by atoms with E-state index < -0.39 is 6.10 Å². The maximum Gasteiger partial charge on any atom is 0.311 e. The van der Waals surface area contributed by atoms with Crippen LogP contribution in [-0.4, -0.2) is 72.6 Å². The molecule has 6 rings (SSSR count). The van der Waals surface area contributed by atoms with Crippen molar-refractivity contribution in [3.8, 4) is 11.5 Å². The van der Waals surface area contributed by atoms with Crippen LogP contribution in [0.1, 0.15) is 38.7 Å². The minimum absolute atomic E-state index is 0.109. The molecule has 1 aromatic carbocycles. The van der Waals surface area contributed by atoms with Crippen molar-refractivity contribution in [2.24, 2.45) is 23.2 Å². The third-order valence-corrected chi connectivity index (χ3v) is 9.33. The van der Waals surface area contributed by atoms with E-state index in [4.69, 9.17) is 14.2 Å². The number of aliphatic hydroxyl groups is 1. The van der Waals surface area contributed by atoms with Gasteiger partial charge in [-0.1, -0.05) is 31.6 Å². The van der Waals surface area contributed by atoms with Crippen LogP contribution in [0.15, 0.2) is 29.8 Å². The summed E-state index contributed by atoms with van der Waals surface area (Å²) >= 11 is 0. The minimum Gasteiger partial charge on any atom is -0.461 e. The number of allylic oxidation sites excluding steroid dienone is 1. The summed E-state index contributed by atoms with van der Waals surface area (Å²) in [6, 6.07) is 6.16. The fraction of sp³-hybridized carbons (Fsp3) is 0.667. The SMILES string of the molecule is CC1CCC=C2CC3OC(=O)C(CN4CCN(Cc5ccc6c(c5)OCO6)CC4)C3C(O)C21C. The highest BCUT2D eigenvalue weighted by atomic mass is 16.7. The number of fused-ring (bicyclic) bond motifs is 3. The Morgan fingerprint density at radius 1 is 1.12 bits per heavy atom. The molecule has 0 radical (unpaired) electrons. The molecule has 2 aliphatic carbocycles. The molecule has 6 atom stereocenters. The number of piperazine rings is 1. The maximum atomic E-state index is 12.9. The van der Waals surface area contributed by atoms with E-state index in [-0.39, 0.29) is 29.3 Å². The van der Waals surface area contributed by atoms with Gasteiger partial charge in [-0.15, -0.1) is 0 Å². The van der Waals surface area contributed by atoms with Crippen molar-refractivity contribution in [3.05, 3.63) is 35.4 Å². The third kappa shape index (κ3) is 3.64. The van der Waals surface area contributed by atoms with Gasteiger partial charge in [-0.05, 0) is 36.5 Å². The predicted octanol–water partition coefficient (Wildman–Crippen LogP) is 2.82. The van der Waals surface area contributed by atoms with Crippen molar-refractivity contribution in [2.75, 3.05) is 39.5 Å². The lowest BCUT2D eigenvalue weighted by molar-refractivity contribution is -0.145. The summed E-state index contributed by atoms with van der Waals surface area (Å²) in [6.07, 6.45) is 4.53. The Morgan fingerprint density at radius 2 is 1.88 bits per heavy atom. The first-order valence-electron chi connectivity index (χ1n) is 12.8. The van der Waals surface area contributed by atoms with Crippen molar-refractivity contribution >= 4 is 5.97 Å². The van der Waals surface area contributed by atoms with E-state index in [1.807, 2.05) is 6.07 Å². The molecule has 0 aromatic heterocycles. The van der Waals surface area contributed by atoms with Crippen molar-refractivity contribution < 1.29 is 24.1 Å². The van der Waals surface area contributed by atoms with E-state index in [0.717, 1.165) is 63.5 Å². The van der Waals surface area contributed by atoms with Gasteiger partial charge in [0.15, 0.2) is 11.5 Å². The fourth-order valence-electron chi connectivity index (χ4n) is 6.98. The van der Waals surface area contributed by atoms with E-state index in [0.29, 0.717) is 19.3 Å². The molecular formula is C27H36N2O5. The number of aliphatic hydroxyl groups excluding tert-OH is 1. The molecule has 3 aliphatic heterocycles. The maximum absolute atomic E-state index is 12.9. The summed E-state index contributed by atoms with van der Waals surface area (Å²) < 4.78 is 16.8. The number of rotatable bonds is 4. The molecular weight excluding hydrogens is 432 g/mol. The van der Waals surface area contributed by atoms with Crippen LogP contribution in [0.25, 0.3) is 0 Å².